The first-order valence-corrected chi connectivity index (χ1v) is 10.4. The van der Waals surface area contributed by atoms with E-state index in [1.165, 1.54) is 5.56 Å². The van der Waals surface area contributed by atoms with Crippen molar-refractivity contribution in [2.24, 2.45) is 0 Å². The second-order valence-electron chi connectivity index (χ2n) is 8.44. The molecule has 2 aliphatic rings. The Kier molecular flexibility index (Phi) is 6.40. The lowest BCUT2D eigenvalue weighted by atomic mass is 9.90. The molecule has 0 aliphatic carbocycles. The van der Waals surface area contributed by atoms with Crippen LogP contribution in [0.3, 0.4) is 0 Å². The Hall–Kier alpha value is -1.92. The molecule has 0 aromatic heterocycles. The van der Waals surface area contributed by atoms with Crippen molar-refractivity contribution in [2.75, 3.05) is 39.3 Å². The van der Waals surface area contributed by atoms with E-state index in [1.54, 1.807) is 4.90 Å². The van der Waals surface area contributed by atoms with Gasteiger partial charge in [0.05, 0.1) is 6.54 Å². The Morgan fingerprint density at radius 1 is 1.07 bits per heavy atom. The molecule has 2 fully saturated rings. The number of hydrogen-bond donors (Lipinski definition) is 1. The maximum Gasteiger partial charge on any atom is 0.256 e. The average Bonchev–Trinajstić information content (AvgIpc) is 2.66. The number of likely N-dealkylation sites (N-methyl/N-ethyl adjacent to an activating group) is 1. The van der Waals surface area contributed by atoms with Crippen LogP contribution in [-0.4, -0.2) is 76.5 Å². The van der Waals surface area contributed by atoms with Crippen molar-refractivity contribution in [2.45, 2.75) is 51.7 Å². The number of nitrogens with zero attached hydrogens (tertiary/aromatic N) is 3. The summed E-state index contributed by atoms with van der Waals surface area (Å²) in [4.78, 5) is 30.7. The maximum absolute atomic E-state index is 13.1. The van der Waals surface area contributed by atoms with Gasteiger partial charge in [-0.25, -0.2) is 0 Å². The molecule has 154 valence electrons. The zero-order valence-corrected chi connectivity index (χ0v) is 17.4. The van der Waals surface area contributed by atoms with Crippen molar-refractivity contribution in [3.8, 4) is 0 Å². The van der Waals surface area contributed by atoms with Gasteiger partial charge in [0, 0.05) is 39.3 Å². The molecule has 6 heteroatoms. The smallest absolute Gasteiger partial charge is 0.256 e. The van der Waals surface area contributed by atoms with Gasteiger partial charge in [0.15, 0.2) is 5.60 Å². The Morgan fingerprint density at radius 2 is 1.79 bits per heavy atom. The normalized spacial score (nSPS) is 24.3. The SMILES string of the molecule is CCN1CCN(C[C@@]2(O)CCCN(Cc3ccc(C(C)C)cc3)C2=O)CC1=O. The fraction of sp³-hybridized carbons (Fsp3) is 0.636. The van der Waals surface area contributed by atoms with Crippen LogP contribution in [-0.2, 0) is 16.1 Å². The predicted octanol–water partition coefficient (Wildman–Crippen LogP) is 1.83. The van der Waals surface area contributed by atoms with Crippen molar-refractivity contribution in [1.29, 1.82) is 0 Å². The molecule has 0 bridgehead atoms. The summed E-state index contributed by atoms with van der Waals surface area (Å²) in [6.07, 6.45) is 1.23. The fourth-order valence-electron chi connectivity index (χ4n) is 4.19. The Bertz CT molecular complexity index is 703. The van der Waals surface area contributed by atoms with Crippen molar-refractivity contribution in [1.82, 2.24) is 14.7 Å². The number of aliphatic hydroxyl groups is 1. The number of piperidine rings is 1. The summed E-state index contributed by atoms with van der Waals surface area (Å²) in [7, 11) is 0. The largest absolute Gasteiger partial charge is 0.379 e. The highest BCUT2D eigenvalue weighted by Crippen LogP contribution is 2.26. The van der Waals surface area contributed by atoms with Gasteiger partial charge >= 0.3 is 0 Å². The highest BCUT2D eigenvalue weighted by Gasteiger charge is 2.44. The van der Waals surface area contributed by atoms with E-state index >= 15 is 0 Å². The standard InChI is InChI=1S/C22H33N3O3/c1-4-24-13-12-23(15-20(24)26)16-22(28)10-5-11-25(21(22)27)14-18-6-8-19(9-7-18)17(2)3/h6-9,17,28H,4-5,10-16H2,1-3H3/t22-/m0/s1. The minimum atomic E-state index is -1.40. The van der Waals surface area contributed by atoms with Crippen LogP contribution in [0.15, 0.2) is 24.3 Å². The monoisotopic (exact) mass is 387 g/mol. The summed E-state index contributed by atoms with van der Waals surface area (Å²) in [5.41, 5.74) is 0.958. The summed E-state index contributed by atoms with van der Waals surface area (Å²) < 4.78 is 0. The molecule has 1 aromatic rings. The highest BCUT2D eigenvalue weighted by atomic mass is 16.3. The van der Waals surface area contributed by atoms with E-state index in [0.717, 1.165) is 12.0 Å². The molecule has 2 amide bonds. The van der Waals surface area contributed by atoms with Crippen LogP contribution in [0.25, 0.3) is 0 Å². The van der Waals surface area contributed by atoms with E-state index in [1.807, 2.05) is 16.7 Å². The van der Waals surface area contributed by atoms with E-state index in [0.29, 0.717) is 45.1 Å². The van der Waals surface area contributed by atoms with Crippen LogP contribution < -0.4 is 0 Å². The van der Waals surface area contributed by atoms with Gasteiger partial charge in [-0.3, -0.25) is 14.5 Å². The number of carbonyl (C=O) groups is 2. The van der Waals surface area contributed by atoms with Gasteiger partial charge < -0.3 is 14.9 Å². The second kappa shape index (κ2) is 8.62. The first-order chi connectivity index (χ1) is 13.3. The molecule has 0 unspecified atom stereocenters. The molecule has 1 aromatic carbocycles. The molecule has 2 saturated heterocycles. The van der Waals surface area contributed by atoms with Gasteiger partial charge in [-0.15, -0.1) is 0 Å². The predicted molar refractivity (Wildman–Crippen MR) is 109 cm³/mol. The number of amides is 2. The fourth-order valence-corrected chi connectivity index (χ4v) is 4.19. The van der Waals surface area contributed by atoms with Crippen molar-refractivity contribution in [3.63, 3.8) is 0 Å². The van der Waals surface area contributed by atoms with Crippen molar-refractivity contribution < 1.29 is 14.7 Å². The van der Waals surface area contributed by atoms with Crippen LogP contribution in [0.5, 0.6) is 0 Å². The molecule has 0 spiro atoms. The van der Waals surface area contributed by atoms with Crippen LogP contribution in [0.1, 0.15) is 50.7 Å². The number of carbonyl (C=O) groups excluding carboxylic acids is 2. The van der Waals surface area contributed by atoms with Crippen LogP contribution in [0, 0.1) is 0 Å². The first kappa shape index (κ1) is 20.8. The molecule has 0 radical (unpaired) electrons. The molecule has 2 aliphatic heterocycles. The maximum atomic E-state index is 13.1. The lowest BCUT2D eigenvalue weighted by molar-refractivity contribution is -0.162. The summed E-state index contributed by atoms with van der Waals surface area (Å²) in [5.74, 6) is 0.339. The minimum Gasteiger partial charge on any atom is -0.379 e. The Labute approximate surface area is 168 Å². The topological polar surface area (TPSA) is 64.1 Å². The second-order valence-corrected chi connectivity index (χ2v) is 8.44. The molecular formula is C22H33N3O3. The van der Waals surface area contributed by atoms with E-state index in [9.17, 15) is 14.7 Å². The van der Waals surface area contributed by atoms with E-state index in [2.05, 4.69) is 38.1 Å². The third kappa shape index (κ3) is 4.55. The van der Waals surface area contributed by atoms with Gasteiger partial charge in [0.2, 0.25) is 5.91 Å². The van der Waals surface area contributed by atoms with Gasteiger partial charge in [0.25, 0.3) is 5.91 Å². The zero-order valence-electron chi connectivity index (χ0n) is 17.4. The number of β-amino-alcohol motifs (C(OH)–C–C–N with tert-alkyl or cyclic N) is 1. The minimum absolute atomic E-state index is 0.0720. The third-order valence-corrected chi connectivity index (χ3v) is 5.99. The number of hydrogen-bond acceptors (Lipinski definition) is 4. The van der Waals surface area contributed by atoms with E-state index < -0.39 is 5.60 Å². The zero-order chi connectivity index (χ0) is 20.3. The molecule has 3 rings (SSSR count). The van der Waals surface area contributed by atoms with Crippen LogP contribution >= 0.6 is 0 Å². The van der Waals surface area contributed by atoms with E-state index in [-0.39, 0.29) is 24.9 Å². The molecule has 0 saturated carbocycles. The van der Waals surface area contributed by atoms with Gasteiger partial charge in [-0.05, 0) is 36.8 Å². The summed E-state index contributed by atoms with van der Waals surface area (Å²) in [5, 5.41) is 11.1. The van der Waals surface area contributed by atoms with Gasteiger partial charge in [-0.1, -0.05) is 38.1 Å². The summed E-state index contributed by atoms with van der Waals surface area (Å²) in [6.45, 7) is 10.0. The average molecular weight is 388 g/mol. The summed E-state index contributed by atoms with van der Waals surface area (Å²) >= 11 is 0. The highest BCUT2D eigenvalue weighted by molar-refractivity contribution is 5.86. The van der Waals surface area contributed by atoms with E-state index in [4.69, 9.17) is 0 Å². The third-order valence-electron chi connectivity index (χ3n) is 5.99. The van der Waals surface area contributed by atoms with Crippen LogP contribution in [0.4, 0.5) is 0 Å². The van der Waals surface area contributed by atoms with Crippen molar-refractivity contribution in [3.05, 3.63) is 35.4 Å². The lowest BCUT2D eigenvalue weighted by Crippen LogP contribution is -2.61. The summed E-state index contributed by atoms with van der Waals surface area (Å²) in [6, 6.07) is 8.36. The Morgan fingerprint density at radius 3 is 2.39 bits per heavy atom. The molecule has 28 heavy (non-hydrogen) atoms. The van der Waals surface area contributed by atoms with Gasteiger partial charge in [0.1, 0.15) is 0 Å². The number of likely N-dealkylation sites (tertiary alicyclic amines) is 1. The van der Waals surface area contributed by atoms with Crippen LogP contribution in [0.2, 0.25) is 0 Å². The lowest BCUT2D eigenvalue weighted by Gasteiger charge is -2.42. The molecular weight excluding hydrogens is 354 g/mol. The molecule has 1 N–H and O–H groups in total. The number of rotatable bonds is 6. The quantitative estimate of drug-likeness (QED) is 0.809. The molecule has 1 atom stereocenters. The number of benzene rings is 1. The van der Waals surface area contributed by atoms with Gasteiger partial charge in [-0.2, -0.15) is 0 Å². The van der Waals surface area contributed by atoms with Crippen molar-refractivity contribution >= 4 is 11.8 Å². The Balaban J connectivity index is 1.63. The number of piperazine rings is 1. The molecule has 6 nitrogen and oxygen atoms in total. The molecule has 2 heterocycles. The first-order valence-electron chi connectivity index (χ1n) is 10.4.